The number of hydrogen-bond donors (Lipinski definition) is 1. The summed E-state index contributed by atoms with van der Waals surface area (Å²) in [5, 5.41) is 0.596. The molecule has 0 spiro atoms. The number of nitrogens with two attached hydrogens (primary N) is 1. The number of aromatic nitrogens is 3. The van der Waals surface area contributed by atoms with E-state index < -0.39 is 0 Å². The van der Waals surface area contributed by atoms with Crippen LogP contribution in [-0.2, 0) is 0 Å². The van der Waals surface area contributed by atoms with Crippen molar-refractivity contribution in [2.75, 3.05) is 5.73 Å². The molecule has 4 nitrogen and oxygen atoms in total. The standard InChI is InChI=1S/C12H15ClN4/c1-7(8-3-2-4-8)17-11-10(16-12(17)14)5-9(13)6-15-11/h5-8H,2-4H2,1H3,(H2,14,16). The fourth-order valence-corrected chi connectivity index (χ4v) is 2.66. The molecule has 1 aliphatic rings. The van der Waals surface area contributed by atoms with Gasteiger partial charge in [-0.2, -0.15) is 0 Å². The zero-order valence-electron chi connectivity index (χ0n) is 9.73. The van der Waals surface area contributed by atoms with Gasteiger partial charge < -0.3 is 5.73 Å². The van der Waals surface area contributed by atoms with E-state index in [1.54, 1.807) is 6.20 Å². The molecule has 1 unspecified atom stereocenters. The van der Waals surface area contributed by atoms with Crippen LogP contribution in [0, 0.1) is 5.92 Å². The summed E-state index contributed by atoms with van der Waals surface area (Å²) in [5.74, 6) is 1.24. The Bertz CT molecular complexity index is 559. The van der Waals surface area contributed by atoms with Crippen LogP contribution in [0.25, 0.3) is 11.2 Å². The fourth-order valence-electron chi connectivity index (χ4n) is 2.51. The monoisotopic (exact) mass is 250 g/mol. The Morgan fingerprint density at radius 1 is 1.53 bits per heavy atom. The number of rotatable bonds is 2. The second-order valence-corrected chi connectivity index (χ2v) is 5.20. The third-order valence-corrected chi connectivity index (χ3v) is 3.97. The van der Waals surface area contributed by atoms with Crippen molar-refractivity contribution in [3.8, 4) is 0 Å². The Balaban J connectivity index is 2.11. The molecule has 17 heavy (non-hydrogen) atoms. The quantitative estimate of drug-likeness (QED) is 0.891. The van der Waals surface area contributed by atoms with E-state index in [2.05, 4.69) is 16.9 Å². The molecule has 2 heterocycles. The minimum absolute atomic E-state index is 0.363. The van der Waals surface area contributed by atoms with E-state index >= 15 is 0 Å². The van der Waals surface area contributed by atoms with Crippen LogP contribution in [0.3, 0.4) is 0 Å². The van der Waals surface area contributed by atoms with Crippen LogP contribution in [0.4, 0.5) is 5.95 Å². The Labute approximate surface area is 105 Å². The van der Waals surface area contributed by atoms with E-state index in [-0.39, 0.29) is 0 Å². The highest BCUT2D eigenvalue weighted by molar-refractivity contribution is 6.31. The molecule has 0 aromatic carbocycles. The van der Waals surface area contributed by atoms with Crippen LogP contribution in [0.1, 0.15) is 32.2 Å². The summed E-state index contributed by atoms with van der Waals surface area (Å²) in [6, 6.07) is 2.17. The number of imidazole rings is 1. The van der Waals surface area contributed by atoms with E-state index in [0.717, 1.165) is 11.2 Å². The van der Waals surface area contributed by atoms with Gasteiger partial charge in [0.15, 0.2) is 5.65 Å². The summed E-state index contributed by atoms with van der Waals surface area (Å²) >= 11 is 5.91. The van der Waals surface area contributed by atoms with Crippen molar-refractivity contribution in [1.82, 2.24) is 14.5 Å². The van der Waals surface area contributed by atoms with Crippen molar-refractivity contribution in [2.45, 2.75) is 32.2 Å². The van der Waals surface area contributed by atoms with E-state index in [1.807, 2.05) is 10.6 Å². The number of fused-ring (bicyclic) bond motifs is 1. The second kappa shape index (κ2) is 3.88. The van der Waals surface area contributed by atoms with Crippen LogP contribution < -0.4 is 5.73 Å². The van der Waals surface area contributed by atoms with Gasteiger partial charge in [-0.05, 0) is 31.7 Å². The molecule has 2 N–H and O–H groups in total. The highest BCUT2D eigenvalue weighted by atomic mass is 35.5. The van der Waals surface area contributed by atoms with Gasteiger partial charge in [-0.3, -0.25) is 4.57 Å². The van der Waals surface area contributed by atoms with Gasteiger partial charge in [0.2, 0.25) is 5.95 Å². The predicted molar refractivity (Wildman–Crippen MR) is 69.0 cm³/mol. The van der Waals surface area contributed by atoms with Crippen LogP contribution in [-0.4, -0.2) is 14.5 Å². The van der Waals surface area contributed by atoms with Crippen molar-refractivity contribution in [2.24, 2.45) is 5.92 Å². The Morgan fingerprint density at radius 3 is 2.94 bits per heavy atom. The molecule has 1 atom stereocenters. The predicted octanol–water partition coefficient (Wildman–Crippen LogP) is 3.03. The lowest BCUT2D eigenvalue weighted by atomic mass is 9.80. The summed E-state index contributed by atoms with van der Waals surface area (Å²) in [7, 11) is 0. The average Bonchev–Trinajstić information content (AvgIpc) is 2.50. The SMILES string of the molecule is CC(C1CCC1)n1c(N)nc2cc(Cl)cnc21. The lowest BCUT2D eigenvalue weighted by Crippen LogP contribution is -2.24. The van der Waals surface area contributed by atoms with E-state index in [4.69, 9.17) is 17.3 Å². The number of halogens is 1. The molecule has 5 heteroatoms. The molecule has 1 saturated carbocycles. The summed E-state index contributed by atoms with van der Waals surface area (Å²) in [4.78, 5) is 8.68. The van der Waals surface area contributed by atoms with Crippen LogP contribution in [0.15, 0.2) is 12.3 Å². The highest BCUT2D eigenvalue weighted by Gasteiger charge is 2.27. The number of hydrogen-bond acceptors (Lipinski definition) is 3. The summed E-state index contributed by atoms with van der Waals surface area (Å²) in [6.07, 6.45) is 5.51. The maximum absolute atomic E-state index is 5.99. The summed E-state index contributed by atoms with van der Waals surface area (Å²) in [6.45, 7) is 2.19. The molecule has 0 bridgehead atoms. The summed E-state index contributed by atoms with van der Waals surface area (Å²) in [5.41, 5.74) is 7.61. The minimum Gasteiger partial charge on any atom is -0.369 e. The van der Waals surface area contributed by atoms with Gasteiger partial charge in [0.25, 0.3) is 0 Å². The first-order chi connectivity index (χ1) is 8.16. The first-order valence-corrected chi connectivity index (χ1v) is 6.33. The van der Waals surface area contributed by atoms with Crippen molar-refractivity contribution >= 4 is 28.7 Å². The molecule has 0 saturated heterocycles. The lowest BCUT2D eigenvalue weighted by molar-refractivity contribution is 0.227. The van der Waals surface area contributed by atoms with Gasteiger partial charge in [0.1, 0.15) is 5.52 Å². The molecule has 2 aromatic rings. The molecular formula is C12H15ClN4. The molecule has 0 radical (unpaired) electrons. The van der Waals surface area contributed by atoms with Gasteiger partial charge in [0.05, 0.1) is 5.02 Å². The van der Waals surface area contributed by atoms with Crippen molar-refractivity contribution < 1.29 is 0 Å². The van der Waals surface area contributed by atoms with Crippen LogP contribution in [0.5, 0.6) is 0 Å². The lowest BCUT2D eigenvalue weighted by Gasteiger charge is -2.32. The van der Waals surface area contributed by atoms with Crippen LogP contribution in [0.2, 0.25) is 5.02 Å². The average molecular weight is 251 g/mol. The molecule has 1 aliphatic carbocycles. The molecule has 3 rings (SSSR count). The molecule has 0 amide bonds. The van der Waals surface area contributed by atoms with Gasteiger partial charge in [-0.15, -0.1) is 0 Å². The normalized spacial score (nSPS) is 18.2. The fraction of sp³-hybridized carbons (Fsp3) is 0.500. The summed E-state index contributed by atoms with van der Waals surface area (Å²) < 4.78 is 2.04. The highest BCUT2D eigenvalue weighted by Crippen LogP contribution is 2.38. The van der Waals surface area contributed by atoms with Gasteiger partial charge >= 0.3 is 0 Å². The van der Waals surface area contributed by atoms with Crippen molar-refractivity contribution in [3.05, 3.63) is 17.3 Å². The number of pyridine rings is 1. The maximum atomic E-state index is 5.99. The third kappa shape index (κ3) is 1.67. The van der Waals surface area contributed by atoms with Crippen molar-refractivity contribution in [1.29, 1.82) is 0 Å². The van der Waals surface area contributed by atoms with E-state index in [0.29, 0.717) is 22.9 Å². The van der Waals surface area contributed by atoms with E-state index in [9.17, 15) is 0 Å². The zero-order valence-corrected chi connectivity index (χ0v) is 10.5. The minimum atomic E-state index is 0.363. The van der Waals surface area contributed by atoms with Gasteiger partial charge in [0, 0.05) is 12.2 Å². The topological polar surface area (TPSA) is 56.7 Å². The number of anilines is 1. The molecule has 90 valence electrons. The first-order valence-electron chi connectivity index (χ1n) is 5.96. The maximum Gasteiger partial charge on any atom is 0.202 e. The second-order valence-electron chi connectivity index (χ2n) is 4.77. The molecular weight excluding hydrogens is 236 g/mol. The Hall–Kier alpha value is -1.29. The van der Waals surface area contributed by atoms with Crippen LogP contribution >= 0.6 is 11.6 Å². The first kappa shape index (κ1) is 10.8. The van der Waals surface area contributed by atoms with Gasteiger partial charge in [-0.25, -0.2) is 9.97 Å². The Kier molecular flexibility index (Phi) is 2.47. The van der Waals surface area contributed by atoms with Gasteiger partial charge in [-0.1, -0.05) is 18.0 Å². The third-order valence-electron chi connectivity index (χ3n) is 3.76. The molecule has 2 aromatic heterocycles. The number of nitrogens with zero attached hydrogens (tertiary/aromatic N) is 3. The van der Waals surface area contributed by atoms with E-state index in [1.165, 1.54) is 19.3 Å². The number of nitrogen functional groups attached to an aromatic ring is 1. The molecule has 0 aliphatic heterocycles. The Morgan fingerprint density at radius 2 is 2.29 bits per heavy atom. The molecule has 1 fully saturated rings. The van der Waals surface area contributed by atoms with Crippen molar-refractivity contribution in [3.63, 3.8) is 0 Å². The largest absolute Gasteiger partial charge is 0.369 e. The smallest absolute Gasteiger partial charge is 0.202 e. The zero-order chi connectivity index (χ0) is 12.0.